The van der Waals surface area contributed by atoms with E-state index in [-0.39, 0.29) is 18.0 Å². The van der Waals surface area contributed by atoms with Gasteiger partial charge in [-0.05, 0) is 32.9 Å². The summed E-state index contributed by atoms with van der Waals surface area (Å²) in [4.78, 5) is 15.8. The highest BCUT2D eigenvalue weighted by Gasteiger charge is 2.38. The maximum Gasteiger partial charge on any atom is 0.410 e. The molecule has 0 bridgehead atoms. The molecule has 22 heavy (non-hydrogen) atoms. The van der Waals surface area contributed by atoms with Crippen molar-refractivity contribution >= 4 is 11.8 Å². The number of ether oxygens (including phenoxy) is 2. The van der Waals surface area contributed by atoms with E-state index in [1.54, 1.807) is 11.0 Å². The summed E-state index contributed by atoms with van der Waals surface area (Å²) in [6.45, 7) is 8.07. The zero-order chi connectivity index (χ0) is 15.9. The lowest BCUT2D eigenvalue weighted by Crippen LogP contribution is -2.63. The summed E-state index contributed by atoms with van der Waals surface area (Å²) in [6.07, 6.45) is -0.281. The van der Waals surface area contributed by atoms with Gasteiger partial charge in [-0.25, -0.2) is 9.18 Å². The van der Waals surface area contributed by atoms with Crippen LogP contribution in [0.1, 0.15) is 20.8 Å². The average Bonchev–Trinajstić information content (AvgIpc) is 2.34. The van der Waals surface area contributed by atoms with E-state index in [9.17, 15) is 9.18 Å². The van der Waals surface area contributed by atoms with Crippen molar-refractivity contribution in [2.75, 3.05) is 31.1 Å². The van der Waals surface area contributed by atoms with Crippen LogP contribution in [0.15, 0.2) is 18.2 Å². The molecular weight excluding hydrogens is 287 g/mol. The van der Waals surface area contributed by atoms with Crippen molar-refractivity contribution in [3.8, 4) is 5.75 Å². The monoisotopic (exact) mass is 308 g/mol. The van der Waals surface area contributed by atoms with E-state index in [1.165, 1.54) is 12.1 Å². The van der Waals surface area contributed by atoms with Gasteiger partial charge in [0.05, 0.1) is 18.3 Å². The zero-order valence-corrected chi connectivity index (χ0v) is 13.1. The molecule has 0 aliphatic carbocycles. The van der Waals surface area contributed by atoms with Crippen LogP contribution in [0.2, 0.25) is 0 Å². The number of likely N-dealkylation sites (tertiary alicyclic amines) is 1. The van der Waals surface area contributed by atoms with Crippen LogP contribution in [-0.2, 0) is 4.74 Å². The standard InChI is InChI=1S/C16H21FN2O3/c1-16(2,3)22-15(20)18-9-12(10-18)19-6-7-21-14-8-11(17)4-5-13(14)19/h4-5,8,12H,6-7,9-10H2,1-3H3. The van der Waals surface area contributed by atoms with E-state index < -0.39 is 5.60 Å². The number of nitrogens with zero attached hydrogens (tertiary/aromatic N) is 2. The lowest BCUT2D eigenvalue weighted by Gasteiger charge is -2.47. The Balaban J connectivity index is 1.64. The van der Waals surface area contributed by atoms with Gasteiger partial charge in [0.25, 0.3) is 0 Å². The van der Waals surface area contributed by atoms with Crippen LogP contribution in [0.4, 0.5) is 14.9 Å². The first-order valence-corrected chi connectivity index (χ1v) is 7.50. The van der Waals surface area contributed by atoms with Crippen molar-refractivity contribution in [3.05, 3.63) is 24.0 Å². The molecule has 0 saturated carbocycles. The summed E-state index contributed by atoms with van der Waals surface area (Å²) in [7, 11) is 0. The number of benzene rings is 1. The highest BCUT2D eigenvalue weighted by atomic mass is 19.1. The first-order valence-electron chi connectivity index (χ1n) is 7.50. The van der Waals surface area contributed by atoms with Gasteiger partial charge in [-0.1, -0.05) is 0 Å². The van der Waals surface area contributed by atoms with Crippen molar-refractivity contribution < 1.29 is 18.7 Å². The molecule has 3 rings (SSSR count). The molecule has 0 unspecified atom stereocenters. The fourth-order valence-corrected chi connectivity index (χ4v) is 2.72. The molecule has 1 aromatic rings. The number of rotatable bonds is 1. The smallest absolute Gasteiger partial charge is 0.410 e. The molecule has 0 radical (unpaired) electrons. The molecule has 0 N–H and O–H groups in total. The van der Waals surface area contributed by atoms with Gasteiger partial charge in [0.1, 0.15) is 23.8 Å². The molecule has 1 saturated heterocycles. The van der Waals surface area contributed by atoms with Crippen molar-refractivity contribution in [3.63, 3.8) is 0 Å². The maximum atomic E-state index is 13.3. The lowest BCUT2D eigenvalue weighted by atomic mass is 10.1. The molecule has 1 fully saturated rings. The number of carbonyl (C=O) groups excluding carboxylic acids is 1. The number of fused-ring (bicyclic) bond motifs is 1. The summed E-state index contributed by atoms with van der Waals surface area (Å²) in [5, 5.41) is 0. The largest absolute Gasteiger partial charge is 0.489 e. The molecule has 0 atom stereocenters. The number of anilines is 1. The van der Waals surface area contributed by atoms with E-state index in [1.807, 2.05) is 20.8 Å². The van der Waals surface area contributed by atoms with Crippen LogP contribution in [0.3, 0.4) is 0 Å². The van der Waals surface area contributed by atoms with E-state index in [0.717, 1.165) is 12.2 Å². The second-order valence-corrected chi connectivity index (χ2v) is 6.69. The minimum Gasteiger partial charge on any atom is -0.489 e. The van der Waals surface area contributed by atoms with E-state index in [4.69, 9.17) is 9.47 Å². The number of hydrogen-bond acceptors (Lipinski definition) is 4. The lowest BCUT2D eigenvalue weighted by molar-refractivity contribution is 0.00771. The van der Waals surface area contributed by atoms with Crippen molar-refractivity contribution in [2.24, 2.45) is 0 Å². The van der Waals surface area contributed by atoms with Gasteiger partial charge >= 0.3 is 6.09 Å². The molecule has 0 aromatic heterocycles. The van der Waals surface area contributed by atoms with Crippen molar-refractivity contribution in [2.45, 2.75) is 32.4 Å². The van der Waals surface area contributed by atoms with E-state index >= 15 is 0 Å². The summed E-state index contributed by atoms with van der Waals surface area (Å²) in [5.74, 6) is 0.270. The first kappa shape index (κ1) is 14.9. The Morgan fingerprint density at radius 2 is 2.09 bits per heavy atom. The molecular formula is C16H21FN2O3. The third kappa shape index (κ3) is 2.96. The molecule has 6 heteroatoms. The highest BCUT2D eigenvalue weighted by molar-refractivity contribution is 5.70. The summed E-state index contributed by atoms with van der Waals surface area (Å²) < 4.78 is 24.1. The average molecular weight is 308 g/mol. The Kier molecular flexibility index (Phi) is 3.62. The summed E-state index contributed by atoms with van der Waals surface area (Å²) in [5.41, 5.74) is 0.409. The second kappa shape index (κ2) is 5.34. The summed E-state index contributed by atoms with van der Waals surface area (Å²) in [6, 6.07) is 4.80. The third-order valence-corrected chi connectivity index (χ3v) is 3.78. The Labute approximate surface area is 129 Å². The van der Waals surface area contributed by atoms with Crippen LogP contribution >= 0.6 is 0 Å². The SMILES string of the molecule is CC(C)(C)OC(=O)N1CC(N2CCOc3cc(F)ccc32)C1. The zero-order valence-electron chi connectivity index (χ0n) is 13.1. The van der Waals surface area contributed by atoms with E-state index in [0.29, 0.717) is 25.4 Å². The van der Waals surface area contributed by atoms with Crippen LogP contribution in [0.25, 0.3) is 0 Å². The number of carbonyl (C=O) groups is 1. The normalized spacial score (nSPS) is 18.4. The molecule has 120 valence electrons. The fraction of sp³-hybridized carbons (Fsp3) is 0.562. The number of halogens is 1. The quantitative estimate of drug-likeness (QED) is 0.800. The molecule has 2 heterocycles. The van der Waals surface area contributed by atoms with Gasteiger partial charge in [-0.3, -0.25) is 0 Å². The maximum absolute atomic E-state index is 13.3. The topological polar surface area (TPSA) is 42.0 Å². The second-order valence-electron chi connectivity index (χ2n) is 6.69. The Bertz CT molecular complexity index is 579. The molecule has 5 nitrogen and oxygen atoms in total. The highest BCUT2D eigenvalue weighted by Crippen LogP contribution is 2.35. The van der Waals surface area contributed by atoms with Crippen LogP contribution in [-0.4, -0.2) is 48.9 Å². The van der Waals surface area contributed by atoms with Crippen LogP contribution in [0, 0.1) is 5.82 Å². The van der Waals surface area contributed by atoms with Gasteiger partial charge in [0.2, 0.25) is 0 Å². The van der Waals surface area contributed by atoms with Crippen LogP contribution in [0.5, 0.6) is 5.75 Å². The van der Waals surface area contributed by atoms with Gasteiger partial charge in [0.15, 0.2) is 0 Å². The Morgan fingerprint density at radius 1 is 1.36 bits per heavy atom. The molecule has 1 aromatic carbocycles. The molecule has 2 aliphatic heterocycles. The Morgan fingerprint density at radius 3 is 2.77 bits per heavy atom. The van der Waals surface area contributed by atoms with Crippen molar-refractivity contribution in [1.82, 2.24) is 4.90 Å². The Hall–Kier alpha value is -1.98. The molecule has 1 amide bonds. The van der Waals surface area contributed by atoms with Gasteiger partial charge < -0.3 is 19.3 Å². The number of amides is 1. The number of hydrogen-bond donors (Lipinski definition) is 0. The predicted molar refractivity (Wildman–Crippen MR) is 80.8 cm³/mol. The molecule has 0 spiro atoms. The minimum atomic E-state index is -0.481. The van der Waals surface area contributed by atoms with Gasteiger partial charge in [-0.15, -0.1) is 0 Å². The first-order chi connectivity index (χ1) is 10.3. The summed E-state index contributed by atoms with van der Waals surface area (Å²) >= 11 is 0. The predicted octanol–water partition coefficient (Wildman–Crippen LogP) is 2.64. The van der Waals surface area contributed by atoms with Crippen molar-refractivity contribution in [1.29, 1.82) is 0 Å². The minimum absolute atomic E-state index is 0.223. The van der Waals surface area contributed by atoms with Gasteiger partial charge in [-0.2, -0.15) is 0 Å². The third-order valence-electron chi connectivity index (χ3n) is 3.78. The van der Waals surface area contributed by atoms with Crippen LogP contribution < -0.4 is 9.64 Å². The van der Waals surface area contributed by atoms with Gasteiger partial charge in [0, 0.05) is 19.2 Å². The molecule has 2 aliphatic rings. The van der Waals surface area contributed by atoms with E-state index in [2.05, 4.69) is 4.90 Å². The fourth-order valence-electron chi connectivity index (χ4n) is 2.72.